The summed E-state index contributed by atoms with van der Waals surface area (Å²) in [5.41, 5.74) is 0. The number of carbonyl (C=O) groups is 1. The average Bonchev–Trinajstić information content (AvgIpc) is 1.59. The summed E-state index contributed by atoms with van der Waals surface area (Å²) >= 11 is 0. The molecule has 0 aliphatic carbocycles. The maximum atomic E-state index is 12.1. The zero-order valence-electron chi connectivity index (χ0n) is 5.99. The van der Waals surface area contributed by atoms with Gasteiger partial charge in [-0.15, -0.1) is 0 Å². The Bertz CT molecular complexity index is 121. The molecule has 0 N–H and O–H groups in total. The number of rotatable bonds is 3. The fourth-order valence-corrected chi connectivity index (χ4v) is 0.834. The molecule has 0 aliphatic heterocycles. The minimum absolute atomic E-state index is 0.148. The molecule has 0 saturated heterocycles. The zero-order chi connectivity index (χ0) is 8.20. The Hall–Kier alpha value is -0.453. The molecule has 0 aromatic rings. The molecule has 0 aromatic carbocycles. The summed E-state index contributed by atoms with van der Waals surface area (Å²) in [4.78, 5) is 10.1. The number of hydrogen-bond acceptors (Lipinski definition) is 2. The Morgan fingerprint density at radius 1 is 1.60 bits per heavy atom. The molecule has 0 spiro atoms. The normalized spacial score (nSPS) is 11.2. The summed E-state index contributed by atoms with van der Waals surface area (Å²) in [6.45, 7) is 1.98. The minimum atomic E-state index is -4.00. The lowest BCUT2D eigenvalue weighted by Gasteiger charge is -2.05. The van der Waals surface area contributed by atoms with E-state index in [1.807, 2.05) is 0 Å². The summed E-state index contributed by atoms with van der Waals surface area (Å²) in [5.74, 6) is -0.502. The maximum absolute atomic E-state index is 12.1. The van der Waals surface area contributed by atoms with Gasteiger partial charge in [0.15, 0.2) is 0 Å². The van der Waals surface area contributed by atoms with E-state index in [0.29, 0.717) is 0 Å². The quantitative estimate of drug-likeness (QED) is 0.363. The molecule has 0 fully saturated rings. The van der Waals surface area contributed by atoms with Gasteiger partial charge in [0.05, 0.1) is 6.61 Å². The van der Waals surface area contributed by atoms with Crippen molar-refractivity contribution in [2.75, 3.05) is 6.61 Å². The van der Waals surface area contributed by atoms with Gasteiger partial charge in [-0.25, -0.2) is 0 Å². The van der Waals surface area contributed by atoms with Crippen LogP contribution in [0.15, 0.2) is 0 Å². The van der Waals surface area contributed by atoms with Crippen LogP contribution in [0.25, 0.3) is 0 Å². The van der Waals surface area contributed by atoms with E-state index in [-0.39, 0.29) is 12.7 Å². The van der Waals surface area contributed by atoms with Crippen LogP contribution in [0.1, 0.15) is 6.92 Å². The van der Waals surface area contributed by atoms with Gasteiger partial charge in [-0.2, -0.15) is 0 Å². The van der Waals surface area contributed by atoms with Crippen LogP contribution in [-0.2, 0) is 9.53 Å². The van der Waals surface area contributed by atoms with Crippen LogP contribution in [-0.4, -0.2) is 21.3 Å². The van der Waals surface area contributed by atoms with E-state index < -0.39 is 14.7 Å². The van der Waals surface area contributed by atoms with E-state index in [1.165, 1.54) is 6.92 Å². The smallest absolute Gasteiger partial charge is 0.425 e. The first-order valence-electron chi connectivity index (χ1n) is 2.93. The van der Waals surface area contributed by atoms with Gasteiger partial charge in [-0.1, -0.05) is 0 Å². The van der Waals surface area contributed by atoms with Crippen LogP contribution < -0.4 is 0 Å². The van der Waals surface area contributed by atoms with Crippen LogP contribution in [0, 0.1) is 0 Å². The van der Waals surface area contributed by atoms with E-state index in [1.54, 1.807) is 0 Å². The molecule has 0 rings (SSSR count). The molecule has 0 amide bonds. The second kappa shape index (κ2) is 3.65. The summed E-state index contributed by atoms with van der Waals surface area (Å²) in [7, 11) is -4.00. The van der Waals surface area contributed by atoms with Crippen molar-refractivity contribution in [2.45, 2.75) is 19.5 Å². The first-order valence-corrected chi connectivity index (χ1v) is 5.39. The van der Waals surface area contributed by atoms with E-state index in [4.69, 9.17) is 0 Å². The molecule has 5 heteroatoms. The first-order chi connectivity index (χ1) is 4.42. The Balaban J connectivity index is 3.29. The average molecular weight is 168 g/mol. The maximum Gasteiger partial charge on any atom is 0.425 e. The number of halogens is 2. The lowest BCUT2D eigenvalue weighted by Crippen LogP contribution is -2.19. The van der Waals surface area contributed by atoms with Gasteiger partial charge < -0.3 is 4.74 Å². The molecule has 0 aliphatic rings. The Kier molecular flexibility index (Phi) is 3.49. The van der Waals surface area contributed by atoms with Crippen molar-refractivity contribution in [3.05, 3.63) is 0 Å². The number of carbonyl (C=O) groups excluding carboxylic acids is 1. The Morgan fingerprint density at radius 3 is 2.40 bits per heavy atom. The van der Waals surface area contributed by atoms with Crippen molar-refractivity contribution < 1.29 is 17.7 Å². The molecule has 10 heavy (non-hydrogen) atoms. The van der Waals surface area contributed by atoms with Crippen molar-refractivity contribution in [3.63, 3.8) is 0 Å². The van der Waals surface area contributed by atoms with Crippen LogP contribution in [0.2, 0.25) is 12.6 Å². The Labute approximate surface area is 59.5 Å². The highest BCUT2D eigenvalue weighted by Crippen LogP contribution is 2.11. The van der Waals surface area contributed by atoms with Gasteiger partial charge in [0.2, 0.25) is 0 Å². The second-order valence-electron chi connectivity index (χ2n) is 2.16. The number of hydrogen-bond donors (Lipinski definition) is 0. The molecule has 2 nitrogen and oxygen atoms in total. The molecule has 0 radical (unpaired) electrons. The van der Waals surface area contributed by atoms with Gasteiger partial charge in [0.1, 0.15) is 0 Å². The fourth-order valence-electron chi connectivity index (χ4n) is 0.374. The highest BCUT2D eigenvalue weighted by atomic mass is 28.4. The largest absolute Gasteiger partial charge is 0.466 e. The molecular weight excluding hydrogens is 158 g/mol. The van der Waals surface area contributed by atoms with Crippen molar-refractivity contribution in [3.8, 4) is 0 Å². The zero-order valence-corrected chi connectivity index (χ0v) is 6.99. The molecule has 0 saturated carbocycles. The Morgan fingerprint density at radius 2 is 2.10 bits per heavy atom. The molecule has 0 atom stereocenters. The van der Waals surface area contributed by atoms with Crippen molar-refractivity contribution in [1.29, 1.82) is 0 Å². The van der Waals surface area contributed by atoms with Crippen molar-refractivity contribution in [2.24, 2.45) is 0 Å². The van der Waals surface area contributed by atoms with Crippen LogP contribution in [0.5, 0.6) is 0 Å². The molecule has 0 heterocycles. The highest BCUT2D eigenvalue weighted by molar-refractivity contribution is 6.64. The van der Waals surface area contributed by atoms with Crippen molar-refractivity contribution in [1.82, 2.24) is 0 Å². The van der Waals surface area contributed by atoms with Crippen LogP contribution in [0.4, 0.5) is 8.22 Å². The highest BCUT2D eigenvalue weighted by Gasteiger charge is 2.27. The van der Waals surface area contributed by atoms with Gasteiger partial charge >= 0.3 is 14.7 Å². The molecular formula is C5H10F2O2Si. The summed E-state index contributed by atoms with van der Waals surface area (Å²) < 4.78 is 28.6. The summed E-state index contributed by atoms with van der Waals surface area (Å²) in [6, 6.07) is -0.271. The standard InChI is InChI=1S/C5H10F2O2Si/c1-5(8)9-3-4-10(2,6)7/h3-4H2,1-2H3. The minimum Gasteiger partial charge on any atom is -0.466 e. The number of ether oxygens (including phenoxy) is 1. The molecule has 0 aromatic heterocycles. The second-order valence-corrected chi connectivity index (χ2v) is 4.80. The topological polar surface area (TPSA) is 26.3 Å². The van der Waals surface area contributed by atoms with Crippen molar-refractivity contribution >= 4 is 14.7 Å². The van der Waals surface area contributed by atoms with Crippen LogP contribution in [0.3, 0.4) is 0 Å². The SMILES string of the molecule is CC(=O)OCC[Si](C)(F)F. The monoisotopic (exact) mass is 168 g/mol. The lowest BCUT2D eigenvalue weighted by molar-refractivity contribution is -0.140. The predicted octanol–water partition coefficient (Wildman–Crippen LogP) is 1.56. The van der Waals surface area contributed by atoms with Gasteiger partial charge in [-0.05, 0) is 6.55 Å². The third-order valence-corrected chi connectivity index (χ3v) is 1.93. The first kappa shape index (κ1) is 9.55. The lowest BCUT2D eigenvalue weighted by atomic mass is 10.8. The van der Waals surface area contributed by atoms with Crippen LogP contribution >= 0.6 is 0 Å². The molecule has 0 unspecified atom stereocenters. The molecule has 0 bridgehead atoms. The predicted molar refractivity (Wildman–Crippen MR) is 35.3 cm³/mol. The van der Waals surface area contributed by atoms with Gasteiger partial charge in [0.25, 0.3) is 0 Å². The summed E-state index contributed by atoms with van der Waals surface area (Å²) in [5, 5.41) is 0. The fraction of sp³-hybridized carbons (Fsp3) is 0.800. The summed E-state index contributed by atoms with van der Waals surface area (Å²) in [6.07, 6.45) is 0. The number of esters is 1. The van der Waals surface area contributed by atoms with E-state index in [9.17, 15) is 13.0 Å². The third-order valence-electron chi connectivity index (χ3n) is 0.846. The van der Waals surface area contributed by atoms with Gasteiger partial charge in [-0.3, -0.25) is 13.0 Å². The van der Waals surface area contributed by atoms with Gasteiger partial charge in [0, 0.05) is 13.0 Å². The third kappa shape index (κ3) is 7.55. The van der Waals surface area contributed by atoms with E-state index >= 15 is 0 Å². The van der Waals surface area contributed by atoms with E-state index in [0.717, 1.165) is 6.55 Å². The van der Waals surface area contributed by atoms with E-state index in [2.05, 4.69) is 4.74 Å². The molecule has 60 valence electrons.